The fraction of sp³-hybridized carbons (Fsp3) is 0.238. The van der Waals surface area contributed by atoms with Gasteiger partial charge in [0, 0.05) is 12.1 Å². The van der Waals surface area contributed by atoms with Crippen molar-refractivity contribution in [3.63, 3.8) is 0 Å². The van der Waals surface area contributed by atoms with E-state index in [-0.39, 0.29) is 18.9 Å². The number of alkyl halides is 2. The molecule has 29 heavy (non-hydrogen) atoms. The molecule has 3 aromatic rings. The first kappa shape index (κ1) is 20.3. The van der Waals surface area contributed by atoms with E-state index in [1.54, 1.807) is 49.4 Å². The second kappa shape index (κ2) is 9.18. The van der Waals surface area contributed by atoms with Crippen molar-refractivity contribution in [2.45, 2.75) is 33.6 Å². The first-order chi connectivity index (χ1) is 14.0. The maximum Gasteiger partial charge on any atom is 0.387 e. The van der Waals surface area contributed by atoms with Gasteiger partial charge >= 0.3 is 6.61 Å². The molecule has 3 rings (SSSR count). The van der Waals surface area contributed by atoms with Crippen LogP contribution in [-0.4, -0.2) is 17.7 Å². The van der Waals surface area contributed by atoms with Gasteiger partial charge < -0.3 is 19.3 Å². The van der Waals surface area contributed by atoms with Crippen LogP contribution < -0.4 is 14.8 Å². The molecule has 0 unspecified atom stereocenters. The average molecular weight is 402 g/mol. The maximum atomic E-state index is 12.7. The minimum absolute atomic E-state index is 0.0192. The number of halogens is 2. The number of hydrogen-bond acceptors (Lipinski definition) is 5. The van der Waals surface area contributed by atoms with Gasteiger partial charge in [-0.2, -0.15) is 8.78 Å². The Bertz CT molecular complexity index is 969. The molecule has 152 valence electrons. The van der Waals surface area contributed by atoms with Gasteiger partial charge in [0.2, 0.25) is 0 Å². The Balaban J connectivity index is 1.69. The zero-order chi connectivity index (χ0) is 20.8. The van der Waals surface area contributed by atoms with E-state index < -0.39 is 12.5 Å². The van der Waals surface area contributed by atoms with Crippen molar-refractivity contribution in [3.8, 4) is 11.5 Å². The van der Waals surface area contributed by atoms with Crippen LogP contribution in [0.2, 0.25) is 0 Å². The Hall–Kier alpha value is -3.42. The second-order valence-electron chi connectivity index (χ2n) is 6.26. The number of hydrogen-bond donors (Lipinski definition) is 1. The van der Waals surface area contributed by atoms with Crippen LogP contribution >= 0.6 is 0 Å². The van der Waals surface area contributed by atoms with Crippen molar-refractivity contribution in [1.82, 2.24) is 10.5 Å². The summed E-state index contributed by atoms with van der Waals surface area (Å²) in [5.41, 5.74) is 2.31. The van der Waals surface area contributed by atoms with Gasteiger partial charge in [0.15, 0.2) is 0 Å². The zero-order valence-corrected chi connectivity index (χ0v) is 15.9. The van der Waals surface area contributed by atoms with Crippen molar-refractivity contribution >= 4 is 5.91 Å². The van der Waals surface area contributed by atoms with Gasteiger partial charge in [-0.1, -0.05) is 35.5 Å². The number of nitrogens with one attached hydrogen (secondary N) is 1. The smallest absolute Gasteiger partial charge is 0.387 e. The van der Waals surface area contributed by atoms with E-state index in [4.69, 9.17) is 9.26 Å². The van der Waals surface area contributed by atoms with Crippen LogP contribution in [-0.2, 0) is 13.2 Å². The fourth-order valence-corrected chi connectivity index (χ4v) is 2.77. The normalized spacial score (nSPS) is 10.8. The minimum atomic E-state index is -2.94. The van der Waals surface area contributed by atoms with E-state index >= 15 is 0 Å². The first-order valence-corrected chi connectivity index (χ1v) is 8.90. The van der Waals surface area contributed by atoms with E-state index in [1.165, 1.54) is 6.07 Å². The molecule has 2 aromatic carbocycles. The molecule has 6 nitrogen and oxygen atoms in total. The first-order valence-electron chi connectivity index (χ1n) is 8.90. The van der Waals surface area contributed by atoms with E-state index in [0.717, 1.165) is 11.3 Å². The molecule has 0 saturated carbocycles. The van der Waals surface area contributed by atoms with Crippen molar-refractivity contribution < 1.29 is 27.6 Å². The Morgan fingerprint density at radius 2 is 1.79 bits per heavy atom. The lowest BCUT2D eigenvalue weighted by Gasteiger charge is -2.13. The molecule has 0 radical (unpaired) electrons. The van der Waals surface area contributed by atoms with E-state index in [1.807, 2.05) is 6.92 Å². The van der Waals surface area contributed by atoms with Gasteiger partial charge in [0.05, 0.1) is 16.8 Å². The summed E-state index contributed by atoms with van der Waals surface area (Å²) in [6.45, 7) is 0.893. The number of aromatic nitrogens is 1. The third-order valence-corrected chi connectivity index (χ3v) is 4.31. The molecule has 1 N–H and O–H groups in total. The summed E-state index contributed by atoms with van der Waals surface area (Å²) in [5.74, 6) is 0.666. The quantitative estimate of drug-likeness (QED) is 0.605. The Morgan fingerprint density at radius 3 is 2.48 bits per heavy atom. The highest BCUT2D eigenvalue weighted by molar-refractivity contribution is 5.96. The van der Waals surface area contributed by atoms with Crippen molar-refractivity contribution in [3.05, 3.63) is 76.7 Å². The average Bonchev–Trinajstić information content (AvgIpc) is 3.03. The third kappa shape index (κ3) is 5.10. The van der Waals surface area contributed by atoms with Crippen molar-refractivity contribution in [2.75, 3.05) is 0 Å². The number of nitrogens with zero attached hydrogens (tertiary/aromatic N) is 1. The predicted molar refractivity (Wildman–Crippen MR) is 101 cm³/mol. The molecule has 0 spiro atoms. The SMILES string of the molecule is Cc1noc(C)c1COc1ccccc1C(=O)NCc1ccccc1OC(F)F. The van der Waals surface area contributed by atoms with Crippen LogP contribution in [0.1, 0.15) is 32.9 Å². The Kier molecular flexibility index (Phi) is 6.43. The molecule has 8 heteroatoms. The lowest BCUT2D eigenvalue weighted by molar-refractivity contribution is -0.0504. The van der Waals surface area contributed by atoms with Crippen LogP contribution in [0.15, 0.2) is 53.1 Å². The van der Waals surface area contributed by atoms with Gasteiger partial charge in [0.25, 0.3) is 5.91 Å². The van der Waals surface area contributed by atoms with Crippen LogP contribution in [0.3, 0.4) is 0 Å². The van der Waals surface area contributed by atoms with Gasteiger partial charge in [-0.25, -0.2) is 0 Å². The Morgan fingerprint density at radius 1 is 1.10 bits per heavy atom. The zero-order valence-electron chi connectivity index (χ0n) is 15.9. The lowest BCUT2D eigenvalue weighted by Crippen LogP contribution is -2.24. The summed E-state index contributed by atoms with van der Waals surface area (Å²) in [5, 5.41) is 6.59. The van der Waals surface area contributed by atoms with Crippen LogP contribution in [0.5, 0.6) is 11.5 Å². The number of benzene rings is 2. The molecule has 0 aliphatic rings. The summed E-state index contributed by atoms with van der Waals surface area (Å²) >= 11 is 0. The topological polar surface area (TPSA) is 73.6 Å². The lowest BCUT2D eigenvalue weighted by atomic mass is 10.1. The molecule has 0 bridgehead atoms. The molecule has 1 aromatic heterocycles. The molecule has 0 atom stereocenters. The molecular formula is C21H20F2N2O4. The number of carbonyl (C=O) groups is 1. The predicted octanol–water partition coefficient (Wildman–Crippen LogP) is 4.40. The molecule has 0 fully saturated rings. The van der Waals surface area contributed by atoms with Gasteiger partial charge in [-0.05, 0) is 32.0 Å². The molecule has 0 aliphatic carbocycles. The molecule has 1 amide bonds. The van der Waals surface area contributed by atoms with E-state index in [2.05, 4.69) is 15.2 Å². The largest absolute Gasteiger partial charge is 0.488 e. The van der Waals surface area contributed by atoms with Crippen LogP contribution in [0, 0.1) is 13.8 Å². The Labute approximate surface area is 166 Å². The number of amides is 1. The van der Waals surface area contributed by atoms with Gasteiger partial charge in [-0.15, -0.1) is 0 Å². The number of para-hydroxylation sites is 2. The van der Waals surface area contributed by atoms with Gasteiger partial charge in [-0.3, -0.25) is 4.79 Å². The maximum absolute atomic E-state index is 12.7. The summed E-state index contributed by atoms with van der Waals surface area (Å²) in [4.78, 5) is 12.7. The number of carbonyl (C=O) groups excluding carboxylic acids is 1. The van der Waals surface area contributed by atoms with Crippen molar-refractivity contribution in [2.24, 2.45) is 0 Å². The minimum Gasteiger partial charge on any atom is -0.488 e. The fourth-order valence-electron chi connectivity index (χ4n) is 2.77. The summed E-state index contributed by atoms with van der Waals surface area (Å²) in [6.07, 6.45) is 0. The van der Waals surface area contributed by atoms with Gasteiger partial charge in [0.1, 0.15) is 23.9 Å². The summed E-state index contributed by atoms with van der Waals surface area (Å²) in [7, 11) is 0. The number of ether oxygens (including phenoxy) is 2. The summed E-state index contributed by atoms with van der Waals surface area (Å²) in [6, 6.07) is 13.1. The van der Waals surface area contributed by atoms with E-state index in [0.29, 0.717) is 22.6 Å². The number of rotatable bonds is 8. The van der Waals surface area contributed by atoms with E-state index in [9.17, 15) is 13.6 Å². The highest BCUT2D eigenvalue weighted by atomic mass is 19.3. The number of aryl methyl sites for hydroxylation is 2. The molecule has 0 saturated heterocycles. The van der Waals surface area contributed by atoms with Crippen LogP contribution in [0.4, 0.5) is 8.78 Å². The van der Waals surface area contributed by atoms with Crippen molar-refractivity contribution in [1.29, 1.82) is 0 Å². The van der Waals surface area contributed by atoms with Crippen LogP contribution in [0.25, 0.3) is 0 Å². The summed E-state index contributed by atoms with van der Waals surface area (Å²) < 4.78 is 40.5. The highest BCUT2D eigenvalue weighted by Crippen LogP contribution is 2.23. The highest BCUT2D eigenvalue weighted by Gasteiger charge is 2.16. The third-order valence-electron chi connectivity index (χ3n) is 4.31. The standard InChI is InChI=1S/C21H20F2N2O4/c1-13-17(14(2)29-25-13)12-27-19-10-6-4-8-16(19)20(26)24-11-15-7-3-5-9-18(15)28-21(22)23/h3-10,21H,11-12H2,1-2H3,(H,24,26). The second-order valence-corrected chi connectivity index (χ2v) is 6.26. The molecular weight excluding hydrogens is 382 g/mol. The molecule has 1 heterocycles. The molecule has 0 aliphatic heterocycles. The monoisotopic (exact) mass is 402 g/mol.